The van der Waals surface area contributed by atoms with E-state index >= 15 is 0 Å². The third-order valence-electron chi connectivity index (χ3n) is 6.42. The van der Waals surface area contributed by atoms with Gasteiger partial charge < -0.3 is 14.4 Å². The van der Waals surface area contributed by atoms with Gasteiger partial charge in [-0.3, -0.25) is 4.57 Å². The van der Waals surface area contributed by atoms with Gasteiger partial charge in [0, 0.05) is 38.0 Å². The molecule has 2 aliphatic heterocycles. The number of fused-ring (bicyclic) bond motifs is 3. The lowest BCUT2D eigenvalue weighted by atomic mass is 9.94. The van der Waals surface area contributed by atoms with Gasteiger partial charge in [0.2, 0.25) is 11.8 Å². The fourth-order valence-electron chi connectivity index (χ4n) is 4.76. The number of hydrogen-bond donors (Lipinski definition) is 0. The minimum absolute atomic E-state index is 0.0359. The lowest BCUT2D eigenvalue weighted by Crippen LogP contribution is -2.31. The summed E-state index contributed by atoms with van der Waals surface area (Å²) in [4.78, 5) is 18.4. The molecule has 0 spiro atoms. The SMILES string of the molecule is O=c1nc(OCc2cc(F)c(OC3CCC(F)(F)CC3)c(F)c2)cc2n1CC1CCCN21. The zero-order chi connectivity index (χ0) is 22.5. The van der Waals surface area contributed by atoms with Gasteiger partial charge in [-0.25, -0.2) is 22.4 Å². The fraction of sp³-hybridized carbons (Fsp3) is 0.545. The molecule has 1 saturated carbocycles. The first-order valence-corrected chi connectivity index (χ1v) is 10.8. The van der Waals surface area contributed by atoms with Crippen LogP contribution in [-0.4, -0.2) is 34.2 Å². The normalized spacial score (nSPS) is 22.0. The molecule has 0 radical (unpaired) electrons. The van der Waals surface area contributed by atoms with Crippen LogP contribution in [0.5, 0.6) is 11.6 Å². The molecule has 1 atom stereocenters. The molecule has 3 aliphatic rings. The van der Waals surface area contributed by atoms with Crippen molar-refractivity contribution in [1.82, 2.24) is 9.55 Å². The quantitative estimate of drug-likeness (QED) is 0.640. The Labute approximate surface area is 181 Å². The number of hydrogen-bond acceptors (Lipinski definition) is 5. The third-order valence-corrected chi connectivity index (χ3v) is 6.42. The number of aromatic nitrogens is 2. The highest BCUT2D eigenvalue weighted by atomic mass is 19.3. The lowest BCUT2D eigenvalue weighted by molar-refractivity contribution is -0.0590. The number of ether oxygens (including phenoxy) is 2. The predicted octanol–water partition coefficient (Wildman–Crippen LogP) is 4.04. The van der Waals surface area contributed by atoms with E-state index in [4.69, 9.17) is 9.47 Å². The van der Waals surface area contributed by atoms with Crippen molar-refractivity contribution in [2.75, 3.05) is 11.4 Å². The summed E-state index contributed by atoms with van der Waals surface area (Å²) in [6.07, 6.45) is 0.778. The van der Waals surface area contributed by atoms with E-state index in [2.05, 4.69) is 9.88 Å². The summed E-state index contributed by atoms with van der Waals surface area (Å²) in [5.74, 6) is -4.33. The van der Waals surface area contributed by atoms with E-state index < -0.39 is 35.1 Å². The molecular formula is C22H23F4N3O3. The summed E-state index contributed by atoms with van der Waals surface area (Å²) in [6.45, 7) is 1.28. The molecule has 1 saturated heterocycles. The van der Waals surface area contributed by atoms with Crippen LogP contribution in [0.2, 0.25) is 0 Å². The lowest BCUT2D eigenvalue weighted by Gasteiger charge is -2.28. The van der Waals surface area contributed by atoms with Crippen molar-refractivity contribution >= 4 is 5.82 Å². The Morgan fingerprint density at radius 2 is 1.81 bits per heavy atom. The molecule has 1 aromatic heterocycles. The van der Waals surface area contributed by atoms with Crippen LogP contribution in [0.25, 0.3) is 0 Å². The van der Waals surface area contributed by atoms with E-state index in [1.807, 2.05) is 0 Å². The van der Waals surface area contributed by atoms with Crippen LogP contribution in [0.15, 0.2) is 23.0 Å². The molecule has 1 aliphatic carbocycles. The molecule has 0 amide bonds. The molecule has 2 fully saturated rings. The second kappa shape index (κ2) is 7.97. The van der Waals surface area contributed by atoms with Crippen LogP contribution in [0.4, 0.5) is 23.4 Å². The van der Waals surface area contributed by atoms with E-state index in [0.717, 1.165) is 37.3 Å². The van der Waals surface area contributed by atoms with Crippen LogP contribution in [0.1, 0.15) is 44.1 Å². The average molecular weight is 453 g/mol. The Balaban J connectivity index is 1.26. The molecule has 0 bridgehead atoms. The van der Waals surface area contributed by atoms with Crippen molar-refractivity contribution in [3.05, 3.63) is 45.9 Å². The van der Waals surface area contributed by atoms with Gasteiger partial charge in [0.1, 0.15) is 12.4 Å². The first-order valence-electron chi connectivity index (χ1n) is 10.8. The topological polar surface area (TPSA) is 56.6 Å². The minimum atomic E-state index is -2.75. The van der Waals surface area contributed by atoms with Gasteiger partial charge in [0.25, 0.3) is 0 Å². The summed E-state index contributed by atoms with van der Waals surface area (Å²) >= 11 is 0. The number of alkyl halides is 2. The Morgan fingerprint density at radius 1 is 1.09 bits per heavy atom. The summed E-state index contributed by atoms with van der Waals surface area (Å²) in [5, 5.41) is 0. The second-order valence-electron chi connectivity index (χ2n) is 8.69. The molecule has 3 heterocycles. The van der Waals surface area contributed by atoms with Gasteiger partial charge >= 0.3 is 5.69 Å². The standard InChI is InChI=1S/C22H23F4N3O3/c23-16-8-13(9-17(24)20(16)32-15-3-5-22(25,26)6-4-15)12-31-18-10-19-28-7-1-2-14(28)11-29(19)21(30)27-18/h8-10,14-15H,1-7,11-12H2. The number of benzene rings is 1. The van der Waals surface area contributed by atoms with Crippen LogP contribution >= 0.6 is 0 Å². The largest absolute Gasteiger partial charge is 0.484 e. The minimum Gasteiger partial charge on any atom is -0.484 e. The Bertz CT molecular complexity index is 1060. The van der Waals surface area contributed by atoms with E-state index in [1.54, 1.807) is 10.6 Å². The Kier molecular flexibility index (Phi) is 5.25. The molecule has 2 aromatic rings. The Morgan fingerprint density at radius 3 is 2.53 bits per heavy atom. The molecule has 32 heavy (non-hydrogen) atoms. The van der Waals surface area contributed by atoms with E-state index in [-0.39, 0.29) is 43.7 Å². The predicted molar refractivity (Wildman–Crippen MR) is 107 cm³/mol. The number of rotatable bonds is 5. The first kappa shape index (κ1) is 21.1. The highest BCUT2D eigenvalue weighted by Gasteiger charge is 2.36. The zero-order valence-corrected chi connectivity index (χ0v) is 17.3. The monoisotopic (exact) mass is 453 g/mol. The molecule has 1 aromatic carbocycles. The smallest absolute Gasteiger partial charge is 0.352 e. The second-order valence-corrected chi connectivity index (χ2v) is 8.69. The van der Waals surface area contributed by atoms with E-state index in [1.165, 1.54) is 0 Å². The molecule has 6 nitrogen and oxygen atoms in total. The fourth-order valence-corrected chi connectivity index (χ4v) is 4.76. The summed E-state index contributed by atoms with van der Waals surface area (Å²) in [7, 11) is 0. The van der Waals surface area contributed by atoms with Gasteiger partial charge in [-0.15, -0.1) is 0 Å². The van der Waals surface area contributed by atoms with Gasteiger partial charge in [0.05, 0.1) is 6.10 Å². The van der Waals surface area contributed by atoms with Crippen molar-refractivity contribution in [2.45, 2.75) is 69.7 Å². The molecule has 0 N–H and O–H groups in total. The zero-order valence-electron chi connectivity index (χ0n) is 17.3. The van der Waals surface area contributed by atoms with Crippen LogP contribution in [-0.2, 0) is 13.2 Å². The van der Waals surface area contributed by atoms with Crippen LogP contribution in [0, 0.1) is 11.6 Å². The van der Waals surface area contributed by atoms with E-state index in [0.29, 0.717) is 12.6 Å². The first-order chi connectivity index (χ1) is 15.3. The average Bonchev–Trinajstić information content (AvgIpc) is 3.33. The van der Waals surface area contributed by atoms with Crippen molar-refractivity contribution < 1.29 is 27.0 Å². The number of anilines is 1. The molecule has 5 rings (SSSR count). The summed E-state index contributed by atoms with van der Waals surface area (Å²) < 4.78 is 68.0. The van der Waals surface area contributed by atoms with Crippen molar-refractivity contribution in [3.8, 4) is 11.6 Å². The van der Waals surface area contributed by atoms with Crippen LogP contribution < -0.4 is 20.1 Å². The van der Waals surface area contributed by atoms with Gasteiger partial charge in [0.15, 0.2) is 17.4 Å². The molecular weight excluding hydrogens is 430 g/mol. The van der Waals surface area contributed by atoms with Crippen molar-refractivity contribution in [1.29, 1.82) is 0 Å². The van der Waals surface area contributed by atoms with Gasteiger partial charge in [-0.2, -0.15) is 4.98 Å². The maximum Gasteiger partial charge on any atom is 0.352 e. The maximum absolute atomic E-state index is 14.5. The van der Waals surface area contributed by atoms with Crippen molar-refractivity contribution in [3.63, 3.8) is 0 Å². The van der Waals surface area contributed by atoms with Crippen LogP contribution in [0.3, 0.4) is 0 Å². The van der Waals surface area contributed by atoms with Crippen molar-refractivity contribution in [2.24, 2.45) is 0 Å². The Hall–Kier alpha value is -2.78. The maximum atomic E-state index is 14.5. The van der Waals surface area contributed by atoms with Gasteiger partial charge in [-0.1, -0.05) is 0 Å². The van der Waals surface area contributed by atoms with Gasteiger partial charge in [-0.05, 0) is 43.4 Å². The molecule has 1 unspecified atom stereocenters. The highest BCUT2D eigenvalue weighted by Crippen LogP contribution is 2.36. The molecule has 172 valence electrons. The number of halogens is 4. The summed E-state index contributed by atoms with van der Waals surface area (Å²) in [6, 6.07) is 4.13. The highest BCUT2D eigenvalue weighted by molar-refractivity contribution is 5.48. The molecule has 10 heteroatoms. The number of nitrogens with zero attached hydrogens (tertiary/aromatic N) is 3. The van der Waals surface area contributed by atoms with E-state index in [9.17, 15) is 22.4 Å². The third kappa shape index (κ3) is 4.02. The summed E-state index contributed by atoms with van der Waals surface area (Å²) in [5.41, 5.74) is -0.213.